The van der Waals surface area contributed by atoms with E-state index in [0.717, 1.165) is 38.5 Å². The molecule has 12 heteroatoms. The monoisotopic (exact) mass is 811 g/mol. The summed E-state index contributed by atoms with van der Waals surface area (Å²) in [6, 6.07) is 7.41. The summed E-state index contributed by atoms with van der Waals surface area (Å²) < 4.78 is 23.8. The summed E-state index contributed by atoms with van der Waals surface area (Å²) in [4.78, 5) is 56.3. The SMILES string of the molecule is CCCCCCCCCC(=O)O[C@@H](C(=O)O[C@H]1C[C@@]2(O)C(C)C3[C@]4(C)CO[C@@H]4C[C@H](O)[C@@]3(C)C(=O)[C@H](O)C(=C1C)C2(C)C)[C@@H](NC(=O)OC(C)(C)C)c1ccccc1. The Morgan fingerprint density at radius 1 is 0.983 bits per heavy atom. The molecule has 2 saturated carbocycles. The van der Waals surface area contributed by atoms with Gasteiger partial charge in [-0.15, -0.1) is 0 Å². The van der Waals surface area contributed by atoms with Crippen molar-refractivity contribution in [3.05, 3.63) is 47.0 Å². The van der Waals surface area contributed by atoms with Gasteiger partial charge in [-0.2, -0.15) is 0 Å². The van der Waals surface area contributed by atoms with Crippen LogP contribution >= 0.6 is 0 Å². The lowest BCUT2D eigenvalue weighted by Crippen LogP contribution is -2.75. The van der Waals surface area contributed by atoms with Crippen LogP contribution in [0.25, 0.3) is 0 Å². The molecule has 3 aliphatic carbocycles. The van der Waals surface area contributed by atoms with Gasteiger partial charge in [-0.05, 0) is 69.6 Å². The fraction of sp³-hybridized carbons (Fsp3) is 0.739. The van der Waals surface area contributed by atoms with Crippen molar-refractivity contribution in [1.82, 2.24) is 5.32 Å². The molecule has 12 nitrogen and oxygen atoms in total. The Morgan fingerprint density at radius 2 is 1.60 bits per heavy atom. The molecular weight excluding hydrogens is 743 g/mol. The van der Waals surface area contributed by atoms with E-state index in [1.165, 1.54) is 0 Å². The topological polar surface area (TPSA) is 178 Å². The van der Waals surface area contributed by atoms with E-state index in [9.17, 15) is 34.5 Å². The zero-order valence-electron chi connectivity index (χ0n) is 36.4. The number of ketones is 1. The molecule has 4 N–H and O–H groups in total. The molecule has 4 aliphatic rings. The Bertz CT molecular complexity index is 1700. The number of hydrogen-bond acceptors (Lipinski definition) is 11. The van der Waals surface area contributed by atoms with Crippen LogP contribution in [0.4, 0.5) is 4.79 Å². The van der Waals surface area contributed by atoms with Crippen molar-refractivity contribution in [2.75, 3.05) is 6.61 Å². The number of nitrogens with one attached hydrogen (secondary N) is 1. The quantitative estimate of drug-likeness (QED) is 0.0654. The molecule has 2 unspecified atom stereocenters. The Hall–Kier alpha value is -3.32. The van der Waals surface area contributed by atoms with Crippen molar-refractivity contribution in [2.45, 2.75) is 181 Å². The highest BCUT2D eigenvalue weighted by atomic mass is 16.6. The predicted molar refractivity (Wildman–Crippen MR) is 217 cm³/mol. The maximum Gasteiger partial charge on any atom is 0.408 e. The van der Waals surface area contributed by atoms with Crippen LogP contribution in [-0.2, 0) is 33.3 Å². The lowest BCUT2D eigenvalue weighted by Gasteiger charge is -2.68. The molecule has 0 radical (unpaired) electrons. The second-order valence-corrected chi connectivity index (χ2v) is 19.5. The first-order chi connectivity index (χ1) is 27.0. The number of aliphatic hydroxyl groups is 3. The molecule has 2 bridgehead atoms. The first kappa shape index (κ1) is 45.8. The van der Waals surface area contributed by atoms with E-state index in [-0.39, 0.29) is 30.9 Å². The fourth-order valence-electron chi connectivity index (χ4n) is 10.9. The number of fused-ring (bicyclic) bond motifs is 5. The molecule has 0 aromatic heterocycles. The van der Waals surface area contributed by atoms with Crippen LogP contribution in [0.2, 0.25) is 0 Å². The molecule has 1 aromatic rings. The smallest absolute Gasteiger partial charge is 0.408 e. The highest BCUT2D eigenvalue weighted by Gasteiger charge is 2.73. The van der Waals surface area contributed by atoms with Crippen LogP contribution in [0.1, 0.15) is 145 Å². The van der Waals surface area contributed by atoms with Crippen LogP contribution in [0.3, 0.4) is 0 Å². The Kier molecular flexibility index (Phi) is 13.7. The van der Waals surface area contributed by atoms with E-state index in [1.54, 1.807) is 78.8 Å². The molecule has 11 atom stereocenters. The normalized spacial score (nSPS) is 33.9. The number of rotatable bonds is 14. The van der Waals surface area contributed by atoms with Gasteiger partial charge >= 0.3 is 18.0 Å². The van der Waals surface area contributed by atoms with Gasteiger partial charge in [0.1, 0.15) is 23.9 Å². The minimum Gasteiger partial charge on any atom is -0.455 e. The van der Waals surface area contributed by atoms with E-state index in [0.29, 0.717) is 24.2 Å². The minimum atomic E-state index is -1.72. The zero-order valence-corrected chi connectivity index (χ0v) is 36.4. The number of amides is 1. The number of ether oxygens (including phenoxy) is 4. The number of carbonyl (C=O) groups is 4. The van der Waals surface area contributed by atoms with Crippen molar-refractivity contribution in [3.63, 3.8) is 0 Å². The van der Waals surface area contributed by atoms with Gasteiger partial charge in [0.05, 0.1) is 29.8 Å². The van der Waals surface area contributed by atoms with Crippen molar-refractivity contribution in [2.24, 2.45) is 28.1 Å². The number of carbonyl (C=O) groups excluding carboxylic acids is 4. The molecule has 1 heterocycles. The Labute approximate surface area is 344 Å². The first-order valence-electron chi connectivity index (χ1n) is 21.4. The fourth-order valence-corrected chi connectivity index (χ4v) is 10.9. The van der Waals surface area contributed by atoms with Gasteiger partial charge in [0.25, 0.3) is 0 Å². The van der Waals surface area contributed by atoms with Crippen LogP contribution in [0.15, 0.2) is 41.5 Å². The van der Waals surface area contributed by atoms with Gasteiger partial charge in [0.2, 0.25) is 6.10 Å². The number of aliphatic hydroxyl groups excluding tert-OH is 2. The maximum absolute atomic E-state index is 14.7. The van der Waals surface area contributed by atoms with Crippen LogP contribution in [0, 0.1) is 28.1 Å². The van der Waals surface area contributed by atoms with Gasteiger partial charge in [-0.25, -0.2) is 9.59 Å². The minimum absolute atomic E-state index is 0.0489. The number of hydrogen-bond donors (Lipinski definition) is 4. The summed E-state index contributed by atoms with van der Waals surface area (Å²) >= 11 is 0. The zero-order chi connectivity index (χ0) is 43.0. The third-order valence-corrected chi connectivity index (χ3v) is 14.2. The largest absolute Gasteiger partial charge is 0.455 e. The maximum atomic E-state index is 14.7. The van der Waals surface area contributed by atoms with Gasteiger partial charge in [-0.3, -0.25) is 9.59 Å². The number of unbranched alkanes of at least 4 members (excludes halogenated alkanes) is 6. The standard InChI is InChI=1S/C46H69NO11/c1-11-12-13-14-15-16-20-23-33(49)57-37(35(29-21-18-17-19-22-29)47-41(53)58-42(4,5)6)40(52)56-30-25-46(54)28(3)38-44(9)26-55-32(44)24-31(48)45(38,10)39(51)36(50)34(27(30)2)43(46,7)8/h17-19,21-22,28,30-32,35-38,48,50,54H,11-16,20,23-26H2,1-10H3,(H,47,53)/t28?,30-,31-,32+,35-,36+,37+,38?,44+,45+,46+/m0/s1. The van der Waals surface area contributed by atoms with Gasteiger partial charge in [-0.1, -0.05) is 103 Å². The number of esters is 2. The summed E-state index contributed by atoms with van der Waals surface area (Å²) in [6.07, 6.45) is 0.163. The summed E-state index contributed by atoms with van der Waals surface area (Å²) in [5, 5.41) is 39.6. The van der Waals surface area contributed by atoms with Gasteiger partial charge < -0.3 is 39.6 Å². The van der Waals surface area contributed by atoms with Gasteiger partial charge in [0, 0.05) is 30.1 Å². The first-order valence-corrected chi connectivity index (χ1v) is 21.4. The Morgan fingerprint density at radius 3 is 2.19 bits per heavy atom. The summed E-state index contributed by atoms with van der Waals surface area (Å²) in [5.74, 6) is -3.43. The molecule has 1 aliphatic heterocycles. The van der Waals surface area contributed by atoms with Gasteiger partial charge in [0.15, 0.2) is 5.78 Å². The molecular formula is C46H69NO11. The third kappa shape index (κ3) is 8.50. The lowest BCUT2D eigenvalue weighted by atomic mass is 9.40. The molecule has 5 rings (SSSR count). The van der Waals surface area contributed by atoms with E-state index < -0.39 is 93.6 Å². The average molecular weight is 812 g/mol. The second-order valence-electron chi connectivity index (χ2n) is 19.5. The van der Waals surface area contributed by atoms with Crippen molar-refractivity contribution >= 4 is 23.8 Å². The lowest BCUT2D eigenvalue weighted by molar-refractivity contribution is -0.302. The molecule has 1 amide bonds. The van der Waals surface area contributed by atoms with Crippen molar-refractivity contribution in [1.29, 1.82) is 0 Å². The molecule has 58 heavy (non-hydrogen) atoms. The highest BCUT2D eigenvalue weighted by molar-refractivity contribution is 5.93. The molecule has 324 valence electrons. The number of benzene rings is 1. The van der Waals surface area contributed by atoms with Crippen LogP contribution < -0.4 is 5.32 Å². The second kappa shape index (κ2) is 17.3. The molecule has 1 aromatic carbocycles. The summed E-state index contributed by atoms with van der Waals surface area (Å²) in [6.45, 7) is 18.4. The number of alkyl carbamates (subject to hydrolysis) is 1. The van der Waals surface area contributed by atoms with E-state index in [4.69, 9.17) is 18.9 Å². The van der Waals surface area contributed by atoms with E-state index in [1.807, 2.05) is 13.8 Å². The van der Waals surface area contributed by atoms with E-state index >= 15 is 0 Å². The van der Waals surface area contributed by atoms with Crippen molar-refractivity contribution in [3.8, 4) is 0 Å². The summed E-state index contributed by atoms with van der Waals surface area (Å²) in [5.41, 5.74) is -4.65. The average Bonchev–Trinajstić information content (AvgIpc) is 3.14. The molecule has 3 fully saturated rings. The van der Waals surface area contributed by atoms with Crippen LogP contribution in [-0.4, -0.2) is 87.5 Å². The third-order valence-electron chi connectivity index (χ3n) is 14.2. The number of Topliss-reactive ketones (excluding diaryl/α,β-unsaturated/α-hetero) is 1. The molecule has 1 saturated heterocycles. The van der Waals surface area contributed by atoms with E-state index in [2.05, 4.69) is 12.2 Å². The predicted octanol–water partition coefficient (Wildman–Crippen LogP) is 7.07. The summed E-state index contributed by atoms with van der Waals surface area (Å²) in [7, 11) is 0. The van der Waals surface area contributed by atoms with Crippen LogP contribution in [0.5, 0.6) is 0 Å². The van der Waals surface area contributed by atoms with Crippen molar-refractivity contribution < 1.29 is 53.4 Å². The highest BCUT2D eigenvalue weighted by Crippen LogP contribution is 2.66. The Balaban J connectivity index is 1.52. The molecule has 0 spiro atoms.